The van der Waals surface area contributed by atoms with Gasteiger partial charge < -0.3 is 20.1 Å². The van der Waals surface area contributed by atoms with Crippen LogP contribution >= 0.6 is 23.4 Å². The molecule has 4 aromatic rings. The minimum absolute atomic E-state index is 0.0116. The Balaban J connectivity index is 1.52. The van der Waals surface area contributed by atoms with Crippen LogP contribution in [0.15, 0.2) is 71.9 Å². The van der Waals surface area contributed by atoms with Crippen LogP contribution in [-0.2, 0) is 17.5 Å². The fourth-order valence-electron chi connectivity index (χ4n) is 3.74. The number of nitrogens with one attached hydrogen (secondary N) is 2. The summed E-state index contributed by atoms with van der Waals surface area (Å²) in [6, 6.07) is 16.3. The van der Waals surface area contributed by atoms with Gasteiger partial charge in [0.25, 0.3) is 5.91 Å². The van der Waals surface area contributed by atoms with Gasteiger partial charge in [-0.25, -0.2) is 0 Å². The zero-order chi connectivity index (χ0) is 30.3. The Kier molecular flexibility index (Phi) is 9.96. The third-order valence-corrected chi connectivity index (χ3v) is 7.02. The van der Waals surface area contributed by atoms with E-state index in [0.717, 1.165) is 30.0 Å². The van der Waals surface area contributed by atoms with Crippen molar-refractivity contribution in [2.75, 3.05) is 24.8 Å². The van der Waals surface area contributed by atoms with E-state index in [2.05, 4.69) is 20.8 Å². The van der Waals surface area contributed by atoms with Crippen molar-refractivity contribution in [3.8, 4) is 17.2 Å². The predicted molar refractivity (Wildman–Crippen MR) is 152 cm³/mol. The molecule has 0 unspecified atom stereocenters. The summed E-state index contributed by atoms with van der Waals surface area (Å²) in [5, 5.41) is 13.9. The average molecular weight is 620 g/mol. The number of hydrogen-bond acceptors (Lipinski definition) is 7. The van der Waals surface area contributed by atoms with E-state index in [0.29, 0.717) is 40.3 Å². The number of anilines is 1. The first kappa shape index (κ1) is 30.7. The Morgan fingerprint density at radius 3 is 2.33 bits per heavy atom. The van der Waals surface area contributed by atoms with Gasteiger partial charge in [0.2, 0.25) is 5.91 Å². The van der Waals surface area contributed by atoms with Crippen molar-refractivity contribution in [3.05, 3.63) is 88.7 Å². The van der Waals surface area contributed by atoms with Gasteiger partial charge in [0, 0.05) is 11.3 Å². The molecule has 4 rings (SSSR count). The zero-order valence-electron chi connectivity index (χ0n) is 22.4. The monoisotopic (exact) mass is 619 g/mol. The molecule has 3 aromatic carbocycles. The fourth-order valence-corrected chi connectivity index (χ4v) is 4.68. The van der Waals surface area contributed by atoms with Crippen LogP contribution in [-0.4, -0.2) is 46.0 Å². The summed E-state index contributed by atoms with van der Waals surface area (Å²) >= 11 is 7.01. The maximum atomic E-state index is 13.1. The molecule has 0 bridgehead atoms. The zero-order valence-corrected chi connectivity index (χ0v) is 23.9. The molecule has 220 valence electrons. The number of rotatable bonds is 11. The number of methoxy groups -OCH3 is 1. The maximum absolute atomic E-state index is 13.1. The summed E-state index contributed by atoms with van der Waals surface area (Å²) in [5.74, 6) is 0.491. The van der Waals surface area contributed by atoms with Crippen LogP contribution in [0.2, 0.25) is 5.02 Å². The van der Waals surface area contributed by atoms with Gasteiger partial charge in [0.15, 0.2) is 11.0 Å². The highest BCUT2D eigenvalue weighted by Crippen LogP contribution is 2.34. The first-order chi connectivity index (χ1) is 20.1. The summed E-state index contributed by atoms with van der Waals surface area (Å²) in [7, 11) is 1.53. The van der Waals surface area contributed by atoms with Crippen molar-refractivity contribution in [1.29, 1.82) is 0 Å². The van der Waals surface area contributed by atoms with Crippen molar-refractivity contribution in [1.82, 2.24) is 20.1 Å². The third-order valence-electron chi connectivity index (χ3n) is 5.77. The molecule has 42 heavy (non-hydrogen) atoms. The van der Waals surface area contributed by atoms with Gasteiger partial charge in [0.05, 0.1) is 42.3 Å². The summed E-state index contributed by atoms with van der Waals surface area (Å²) in [6.07, 6.45) is -4.59. The van der Waals surface area contributed by atoms with Crippen LogP contribution in [0.1, 0.15) is 28.7 Å². The van der Waals surface area contributed by atoms with E-state index < -0.39 is 17.6 Å². The Morgan fingerprint density at radius 1 is 1.00 bits per heavy atom. The molecule has 0 saturated carbocycles. The quantitative estimate of drug-likeness (QED) is 0.198. The van der Waals surface area contributed by atoms with E-state index in [-0.39, 0.29) is 28.9 Å². The van der Waals surface area contributed by atoms with E-state index in [1.807, 2.05) is 6.92 Å². The summed E-state index contributed by atoms with van der Waals surface area (Å²) in [6.45, 7) is 2.36. The van der Waals surface area contributed by atoms with Crippen molar-refractivity contribution < 1.29 is 32.2 Å². The molecular weight excluding hydrogens is 595 g/mol. The molecule has 0 radical (unpaired) electrons. The first-order valence-corrected chi connectivity index (χ1v) is 13.8. The van der Waals surface area contributed by atoms with Gasteiger partial charge in [-0.15, -0.1) is 10.2 Å². The SMILES string of the molecule is CCOc1ccc(-n2c(CNC(=O)c3ccc(OC)cc3)nnc2SCC(=O)Nc2cc(C(F)(F)F)ccc2Cl)cc1. The molecule has 0 fully saturated rings. The van der Waals surface area contributed by atoms with Crippen LogP contribution in [0, 0.1) is 0 Å². The Morgan fingerprint density at radius 2 is 1.69 bits per heavy atom. The molecule has 0 atom stereocenters. The molecule has 0 saturated heterocycles. The minimum Gasteiger partial charge on any atom is -0.497 e. The highest BCUT2D eigenvalue weighted by atomic mass is 35.5. The molecule has 0 spiro atoms. The number of carbonyl (C=O) groups is 2. The molecule has 14 heteroatoms. The molecule has 0 aliphatic heterocycles. The molecule has 2 N–H and O–H groups in total. The molecule has 1 aromatic heterocycles. The molecule has 1 heterocycles. The topological polar surface area (TPSA) is 107 Å². The molecule has 2 amide bonds. The van der Waals surface area contributed by atoms with Gasteiger partial charge in [-0.05, 0) is 73.7 Å². The normalized spacial score (nSPS) is 11.2. The van der Waals surface area contributed by atoms with Crippen LogP contribution in [0.25, 0.3) is 5.69 Å². The predicted octanol–water partition coefficient (Wildman–Crippen LogP) is 6.01. The smallest absolute Gasteiger partial charge is 0.416 e. The van der Waals surface area contributed by atoms with E-state index in [4.69, 9.17) is 21.1 Å². The average Bonchev–Trinajstić information content (AvgIpc) is 3.38. The Hall–Kier alpha value is -4.23. The van der Waals surface area contributed by atoms with Crippen molar-refractivity contribution in [2.45, 2.75) is 24.8 Å². The van der Waals surface area contributed by atoms with Gasteiger partial charge in [-0.3, -0.25) is 14.2 Å². The highest BCUT2D eigenvalue weighted by molar-refractivity contribution is 7.99. The second kappa shape index (κ2) is 13.6. The first-order valence-electron chi connectivity index (χ1n) is 12.5. The lowest BCUT2D eigenvalue weighted by Gasteiger charge is -2.13. The number of halogens is 4. The molecule has 0 aliphatic rings. The van der Waals surface area contributed by atoms with Gasteiger partial charge in [-0.1, -0.05) is 23.4 Å². The lowest BCUT2D eigenvalue weighted by Crippen LogP contribution is -2.24. The van der Waals surface area contributed by atoms with Crippen molar-refractivity contribution >= 4 is 40.9 Å². The lowest BCUT2D eigenvalue weighted by atomic mass is 10.2. The van der Waals surface area contributed by atoms with Crippen molar-refractivity contribution in [2.24, 2.45) is 0 Å². The standard InChI is InChI=1S/C28H25ClF3N5O4S/c1-3-41-21-11-7-19(8-12-21)37-24(15-33-26(39)17-4-9-20(40-2)10-5-17)35-36-27(37)42-16-25(38)34-23-14-18(28(30,31)32)6-13-22(23)29/h4-14H,3,15-16H2,1-2H3,(H,33,39)(H,34,38). The number of thioether (sulfide) groups is 1. The number of hydrogen-bond donors (Lipinski definition) is 2. The number of ether oxygens (including phenoxy) is 2. The summed E-state index contributed by atoms with van der Waals surface area (Å²) in [5.41, 5.74) is -0.0399. The number of alkyl halides is 3. The van der Waals surface area contributed by atoms with Gasteiger partial charge in [-0.2, -0.15) is 13.2 Å². The highest BCUT2D eigenvalue weighted by Gasteiger charge is 2.31. The summed E-state index contributed by atoms with van der Waals surface area (Å²) < 4.78 is 51.6. The van der Waals surface area contributed by atoms with Gasteiger partial charge in [0.1, 0.15) is 11.5 Å². The molecule has 0 aliphatic carbocycles. The second-order valence-corrected chi connectivity index (χ2v) is 9.95. The minimum atomic E-state index is -4.59. The van der Waals surface area contributed by atoms with Crippen LogP contribution in [0.4, 0.5) is 18.9 Å². The molecular formula is C28H25ClF3N5O4S. The number of amides is 2. The molecule has 9 nitrogen and oxygen atoms in total. The fraction of sp³-hybridized carbons (Fsp3) is 0.214. The van der Waals surface area contributed by atoms with Crippen LogP contribution in [0.3, 0.4) is 0 Å². The largest absolute Gasteiger partial charge is 0.497 e. The number of nitrogens with zero attached hydrogens (tertiary/aromatic N) is 3. The van der Waals surface area contributed by atoms with Crippen LogP contribution in [0.5, 0.6) is 11.5 Å². The second-order valence-electron chi connectivity index (χ2n) is 8.60. The Bertz CT molecular complexity index is 1550. The lowest BCUT2D eigenvalue weighted by molar-refractivity contribution is -0.137. The number of benzene rings is 3. The van der Waals surface area contributed by atoms with Crippen LogP contribution < -0.4 is 20.1 Å². The van der Waals surface area contributed by atoms with E-state index in [1.54, 1.807) is 53.1 Å². The number of aromatic nitrogens is 3. The Labute approximate surface area is 248 Å². The van der Waals surface area contributed by atoms with E-state index in [9.17, 15) is 22.8 Å². The number of carbonyl (C=O) groups excluding carboxylic acids is 2. The van der Waals surface area contributed by atoms with E-state index in [1.165, 1.54) is 7.11 Å². The summed E-state index contributed by atoms with van der Waals surface area (Å²) in [4.78, 5) is 25.4. The van der Waals surface area contributed by atoms with Gasteiger partial charge >= 0.3 is 6.18 Å². The van der Waals surface area contributed by atoms with Crippen molar-refractivity contribution in [3.63, 3.8) is 0 Å². The third kappa shape index (κ3) is 7.74. The maximum Gasteiger partial charge on any atom is 0.416 e. The van der Waals surface area contributed by atoms with E-state index >= 15 is 0 Å².